The third kappa shape index (κ3) is 5.64. The zero-order valence-corrected chi connectivity index (χ0v) is 20.4. The number of amides is 1. The maximum absolute atomic E-state index is 14.5. The zero-order chi connectivity index (χ0) is 28.9. The van der Waals surface area contributed by atoms with Gasteiger partial charge in [-0.1, -0.05) is 0 Å². The molecule has 0 bridgehead atoms. The summed E-state index contributed by atoms with van der Waals surface area (Å²) in [5, 5.41) is 27.8. The van der Waals surface area contributed by atoms with E-state index in [1.165, 1.54) is 17.8 Å². The van der Waals surface area contributed by atoms with Crippen LogP contribution in [0.4, 0.5) is 32.2 Å². The van der Waals surface area contributed by atoms with Gasteiger partial charge in [0.2, 0.25) is 0 Å². The van der Waals surface area contributed by atoms with Crippen LogP contribution in [0.1, 0.15) is 28.8 Å². The van der Waals surface area contributed by atoms with Gasteiger partial charge in [-0.2, -0.15) is 27.1 Å². The van der Waals surface area contributed by atoms with Crippen LogP contribution in [0.3, 0.4) is 0 Å². The minimum absolute atomic E-state index is 0.0757. The van der Waals surface area contributed by atoms with Crippen molar-refractivity contribution in [2.24, 2.45) is 7.05 Å². The Labute approximate surface area is 216 Å². The van der Waals surface area contributed by atoms with Crippen LogP contribution in [0.2, 0.25) is 0 Å². The number of aromatic nitrogens is 5. The lowest BCUT2D eigenvalue weighted by Crippen LogP contribution is -2.69. The topological polar surface area (TPSA) is 139 Å². The number of aliphatic hydroxyl groups is 2. The highest BCUT2D eigenvalue weighted by atomic mass is 19.4. The first-order valence-electron chi connectivity index (χ1n) is 11.1. The van der Waals surface area contributed by atoms with Crippen LogP contribution >= 0.6 is 0 Å². The normalized spacial score (nSPS) is 19.7. The molecule has 1 aliphatic rings. The van der Waals surface area contributed by atoms with E-state index in [1.54, 1.807) is 6.92 Å². The molecule has 3 N–H and O–H groups in total. The average Bonchev–Trinajstić information content (AvgIpc) is 3.11. The SMILES string of the molecule is Cc1c(-c2ccc(F)cn2)c(C(=O)N2CC(F)(F)OC(C)C2C(O)(O)Nc2cnc(C(F)(F)F)cn2)nn1C. The number of ether oxygens (including phenoxy) is 1. The predicted octanol–water partition coefficient (Wildman–Crippen LogP) is 2.31. The Morgan fingerprint density at radius 3 is 2.41 bits per heavy atom. The van der Waals surface area contributed by atoms with Crippen LogP contribution < -0.4 is 5.32 Å². The second-order valence-corrected chi connectivity index (χ2v) is 8.77. The smallest absolute Gasteiger partial charge is 0.347 e. The number of morpholine rings is 1. The Hall–Kier alpha value is -3.83. The molecule has 1 saturated heterocycles. The fourth-order valence-corrected chi connectivity index (χ4v) is 4.19. The van der Waals surface area contributed by atoms with Crippen molar-refractivity contribution in [3.8, 4) is 11.3 Å². The van der Waals surface area contributed by atoms with Crippen molar-refractivity contribution in [3.63, 3.8) is 0 Å². The van der Waals surface area contributed by atoms with E-state index in [2.05, 4.69) is 24.8 Å². The van der Waals surface area contributed by atoms with Gasteiger partial charge in [-0.25, -0.2) is 14.4 Å². The molecule has 17 heteroatoms. The first kappa shape index (κ1) is 28.2. The summed E-state index contributed by atoms with van der Waals surface area (Å²) in [6.45, 7) is 1.13. The fourth-order valence-electron chi connectivity index (χ4n) is 4.19. The number of nitrogens with one attached hydrogen (secondary N) is 1. The van der Waals surface area contributed by atoms with Gasteiger partial charge in [0.25, 0.3) is 11.8 Å². The molecule has 1 fully saturated rings. The number of nitrogens with zero attached hydrogens (tertiary/aromatic N) is 6. The number of pyridine rings is 1. The van der Waals surface area contributed by atoms with Crippen molar-refractivity contribution in [2.75, 3.05) is 11.9 Å². The van der Waals surface area contributed by atoms with Crippen molar-refractivity contribution < 1.29 is 46.1 Å². The Bertz CT molecular complexity index is 1360. The van der Waals surface area contributed by atoms with E-state index in [0.29, 0.717) is 23.0 Å². The Morgan fingerprint density at radius 1 is 1.15 bits per heavy atom. The van der Waals surface area contributed by atoms with Gasteiger partial charge < -0.3 is 25.2 Å². The maximum atomic E-state index is 14.5. The number of carbonyl (C=O) groups excluding carboxylic acids is 1. The quantitative estimate of drug-likeness (QED) is 0.317. The van der Waals surface area contributed by atoms with Gasteiger partial charge in [0.1, 0.15) is 24.2 Å². The molecule has 210 valence electrons. The summed E-state index contributed by atoms with van der Waals surface area (Å²) in [6, 6.07) is 0.348. The molecule has 0 aromatic carbocycles. The van der Waals surface area contributed by atoms with Gasteiger partial charge in [-0.15, -0.1) is 0 Å². The van der Waals surface area contributed by atoms with Crippen LogP contribution in [-0.4, -0.2) is 76.5 Å². The summed E-state index contributed by atoms with van der Waals surface area (Å²) in [6.07, 6.45) is -8.74. The minimum atomic E-state index is -4.82. The summed E-state index contributed by atoms with van der Waals surface area (Å²) in [5.74, 6) is -5.70. The Kier molecular flexibility index (Phi) is 7.03. The number of alkyl halides is 5. The molecule has 2 atom stereocenters. The van der Waals surface area contributed by atoms with Crippen LogP contribution in [-0.2, 0) is 18.0 Å². The molecule has 39 heavy (non-hydrogen) atoms. The number of aryl methyl sites for hydroxylation is 1. The molecule has 1 aliphatic heterocycles. The first-order chi connectivity index (χ1) is 18.0. The number of carbonyl (C=O) groups is 1. The summed E-state index contributed by atoms with van der Waals surface area (Å²) in [5.41, 5.74) is -1.25. The standard InChI is InChI=1S/C22H21F6N7O4/c1-10-16(13-5-4-12(23)6-29-13)17(33-34(10)3)19(36)35-9-20(24,25)39-11(2)18(35)22(37,38)32-15-8-30-14(7-31-15)21(26,27)28/h4-8,11,18,37-38H,9H2,1-3H3,(H,31,32). The van der Waals surface area contributed by atoms with E-state index in [-0.39, 0.29) is 11.3 Å². The molecular formula is C22H21F6N7O4. The third-order valence-corrected chi connectivity index (χ3v) is 5.94. The fraction of sp³-hybridized carbons (Fsp3) is 0.409. The molecule has 3 aromatic heterocycles. The highest BCUT2D eigenvalue weighted by Gasteiger charge is 2.55. The average molecular weight is 561 g/mol. The van der Waals surface area contributed by atoms with E-state index in [4.69, 9.17) is 0 Å². The van der Waals surface area contributed by atoms with Gasteiger partial charge in [0, 0.05) is 12.7 Å². The first-order valence-corrected chi connectivity index (χ1v) is 11.1. The molecule has 4 rings (SSSR count). The van der Waals surface area contributed by atoms with Gasteiger partial charge in [-0.3, -0.25) is 14.5 Å². The van der Waals surface area contributed by atoms with E-state index in [1.807, 2.05) is 5.32 Å². The van der Waals surface area contributed by atoms with Crippen molar-refractivity contribution in [1.29, 1.82) is 0 Å². The maximum Gasteiger partial charge on any atom is 0.434 e. The second kappa shape index (κ2) is 9.73. The lowest BCUT2D eigenvalue weighted by Gasteiger charge is -2.47. The highest BCUT2D eigenvalue weighted by Crippen LogP contribution is 2.36. The predicted molar refractivity (Wildman–Crippen MR) is 119 cm³/mol. The van der Waals surface area contributed by atoms with Gasteiger partial charge in [-0.05, 0) is 26.0 Å². The van der Waals surface area contributed by atoms with E-state index >= 15 is 0 Å². The molecule has 0 spiro atoms. The molecule has 3 aromatic rings. The zero-order valence-electron chi connectivity index (χ0n) is 20.4. The van der Waals surface area contributed by atoms with Crippen molar-refractivity contribution >= 4 is 11.7 Å². The van der Waals surface area contributed by atoms with Gasteiger partial charge in [0.05, 0.1) is 36.0 Å². The summed E-state index contributed by atoms with van der Waals surface area (Å²) in [7, 11) is 1.46. The molecule has 2 unspecified atom stereocenters. The van der Waals surface area contributed by atoms with Crippen LogP contribution in [0.15, 0.2) is 30.7 Å². The lowest BCUT2D eigenvalue weighted by molar-refractivity contribution is -0.329. The summed E-state index contributed by atoms with van der Waals surface area (Å²) < 4.78 is 86.6. The molecule has 0 aliphatic carbocycles. The van der Waals surface area contributed by atoms with Crippen LogP contribution in [0.5, 0.6) is 0 Å². The largest absolute Gasteiger partial charge is 0.434 e. The highest BCUT2D eigenvalue weighted by molar-refractivity contribution is 5.99. The monoisotopic (exact) mass is 561 g/mol. The summed E-state index contributed by atoms with van der Waals surface area (Å²) in [4.78, 5) is 24.6. The third-order valence-electron chi connectivity index (χ3n) is 5.94. The molecule has 0 radical (unpaired) electrons. The van der Waals surface area contributed by atoms with Crippen molar-refractivity contribution in [3.05, 3.63) is 53.6 Å². The molecule has 11 nitrogen and oxygen atoms in total. The number of rotatable bonds is 5. The number of halogens is 6. The van der Waals surface area contributed by atoms with Gasteiger partial charge >= 0.3 is 12.3 Å². The number of hydrogen-bond donors (Lipinski definition) is 3. The van der Waals surface area contributed by atoms with Gasteiger partial charge in [0.15, 0.2) is 11.4 Å². The molecule has 1 amide bonds. The lowest BCUT2D eigenvalue weighted by atomic mass is 10.0. The van der Waals surface area contributed by atoms with Crippen LogP contribution in [0.25, 0.3) is 11.3 Å². The van der Waals surface area contributed by atoms with Crippen molar-refractivity contribution in [1.82, 2.24) is 29.6 Å². The Balaban J connectivity index is 1.73. The van der Waals surface area contributed by atoms with Crippen molar-refractivity contribution in [2.45, 2.75) is 44.2 Å². The minimum Gasteiger partial charge on any atom is -0.347 e. The molecule has 0 saturated carbocycles. The van der Waals surface area contributed by atoms with E-state index in [9.17, 15) is 41.4 Å². The van der Waals surface area contributed by atoms with E-state index < -0.39 is 65.8 Å². The Morgan fingerprint density at radius 2 is 1.85 bits per heavy atom. The van der Waals surface area contributed by atoms with Crippen LogP contribution in [0, 0.1) is 12.7 Å². The number of hydrogen-bond acceptors (Lipinski definition) is 9. The summed E-state index contributed by atoms with van der Waals surface area (Å²) >= 11 is 0. The molecule has 4 heterocycles. The van der Waals surface area contributed by atoms with E-state index in [0.717, 1.165) is 19.2 Å². The second-order valence-electron chi connectivity index (χ2n) is 8.77. The molecular weight excluding hydrogens is 540 g/mol. The number of anilines is 1.